The molecule has 0 amide bonds. The number of hydrogen-bond acceptors (Lipinski definition) is 5. The monoisotopic (exact) mass is 319 g/mol. The van der Waals surface area contributed by atoms with Gasteiger partial charge in [0, 0.05) is 49.5 Å². The van der Waals surface area contributed by atoms with Crippen molar-refractivity contribution in [2.24, 2.45) is 0 Å². The van der Waals surface area contributed by atoms with Gasteiger partial charge >= 0.3 is 0 Å². The topological polar surface area (TPSA) is 67.8 Å². The van der Waals surface area contributed by atoms with Crippen LogP contribution in [0.15, 0.2) is 18.3 Å². The molecule has 0 radical (unpaired) electrons. The van der Waals surface area contributed by atoms with Crippen LogP contribution in [-0.4, -0.2) is 58.2 Å². The van der Waals surface area contributed by atoms with Gasteiger partial charge in [-0.25, -0.2) is 4.98 Å². The number of aliphatic hydroxyl groups excluding tert-OH is 1. The number of fused-ring (bicyclic) bond motifs is 1. The van der Waals surface area contributed by atoms with E-state index in [0.717, 1.165) is 19.6 Å². The molecule has 116 valence electrons. The van der Waals surface area contributed by atoms with Crippen LogP contribution < -0.4 is 4.90 Å². The molecule has 1 N–H and O–H groups in total. The number of hydrogen-bond donors (Lipinski definition) is 1. The standard InChI is InChI=1S/C15H18ClN5O/c1-11-10-20(5-4-19(11)6-7-22)15-13(9-17)21-3-2-12(16)8-14(21)18-15/h2-3,8,11,22H,4-7,10H2,1H3. The van der Waals surface area contributed by atoms with Gasteiger partial charge in [-0.2, -0.15) is 5.26 Å². The molecule has 0 bridgehead atoms. The summed E-state index contributed by atoms with van der Waals surface area (Å²) < 4.78 is 1.77. The maximum absolute atomic E-state index is 9.49. The van der Waals surface area contributed by atoms with Crippen LogP contribution in [0.25, 0.3) is 5.65 Å². The van der Waals surface area contributed by atoms with Gasteiger partial charge in [0.15, 0.2) is 11.5 Å². The molecular formula is C15H18ClN5O. The van der Waals surface area contributed by atoms with E-state index >= 15 is 0 Å². The van der Waals surface area contributed by atoms with Crippen LogP contribution in [-0.2, 0) is 0 Å². The largest absolute Gasteiger partial charge is 0.395 e. The fourth-order valence-corrected chi connectivity index (χ4v) is 3.13. The molecular weight excluding hydrogens is 302 g/mol. The number of rotatable bonds is 3. The zero-order valence-corrected chi connectivity index (χ0v) is 13.2. The van der Waals surface area contributed by atoms with Gasteiger partial charge in [0.1, 0.15) is 11.7 Å². The second-order valence-electron chi connectivity index (χ2n) is 5.52. The van der Waals surface area contributed by atoms with Crippen molar-refractivity contribution in [1.29, 1.82) is 5.26 Å². The van der Waals surface area contributed by atoms with Gasteiger partial charge in [0.05, 0.1) is 6.61 Å². The Kier molecular flexibility index (Phi) is 4.21. The normalized spacial score (nSPS) is 19.5. The zero-order chi connectivity index (χ0) is 15.7. The van der Waals surface area contributed by atoms with Crippen LogP contribution in [0.3, 0.4) is 0 Å². The van der Waals surface area contributed by atoms with Crippen molar-refractivity contribution < 1.29 is 5.11 Å². The lowest BCUT2D eigenvalue weighted by molar-refractivity contribution is 0.146. The Morgan fingerprint density at radius 1 is 1.50 bits per heavy atom. The van der Waals surface area contributed by atoms with E-state index < -0.39 is 0 Å². The number of aliphatic hydroxyl groups is 1. The molecule has 1 saturated heterocycles. The first kappa shape index (κ1) is 15.1. The number of nitrogens with zero attached hydrogens (tertiary/aromatic N) is 5. The zero-order valence-electron chi connectivity index (χ0n) is 12.4. The molecule has 2 aromatic heterocycles. The first-order valence-electron chi connectivity index (χ1n) is 7.31. The number of anilines is 1. The van der Waals surface area contributed by atoms with Crippen molar-refractivity contribution in [2.75, 3.05) is 37.7 Å². The number of pyridine rings is 1. The van der Waals surface area contributed by atoms with Gasteiger partial charge in [-0.3, -0.25) is 9.30 Å². The molecule has 3 heterocycles. The van der Waals surface area contributed by atoms with Crippen LogP contribution in [0.2, 0.25) is 5.02 Å². The van der Waals surface area contributed by atoms with Crippen molar-refractivity contribution in [1.82, 2.24) is 14.3 Å². The highest BCUT2D eigenvalue weighted by atomic mass is 35.5. The minimum atomic E-state index is 0.167. The summed E-state index contributed by atoms with van der Waals surface area (Å²) in [6.07, 6.45) is 1.78. The summed E-state index contributed by atoms with van der Waals surface area (Å²) in [5.41, 5.74) is 1.22. The summed E-state index contributed by atoms with van der Waals surface area (Å²) in [5, 5.41) is 19.2. The third-order valence-corrected chi connectivity index (χ3v) is 4.36. The van der Waals surface area contributed by atoms with E-state index in [2.05, 4.69) is 27.8 Å². The summed E-state index contributed by atoms with van der Waals surface area (Å²) in [7, 11) is 0. The van der Waals surface area contributed by atoms with Crippen molar-refractivity contribution >= 4 is 23.1 Å². The Hall–Kier alpha value is -1.81. The van der Waals surface area contributed by atoms with Crippen LogP contribution >= 0.6 is 11.6 Å². The Bertz CT molecular complexity index is 723. The van der Waals surface area contributed by atoms with Crippen molar-refractivity contribution in [3.63, 3.8) is 0 Å². The number of imidazole rings is 1. The molecule has 1 aliphatic heterocycles. The number of piperazine rings is 1. The molecule has 3 rings (SSSR count). The summed E-state index contributed by atoms with van der Waals surface area (Å²) in [5.74, 6) is 0.709. The SMILES string of the molecule is CC1CN(c2nc3cc(Cl)ccn3c2C#N)CCN1CCO. The first-order valence-corrected chi connectivity index (χ1v) is 7.69. The average molecular weight is 320 g/mol. The van der Waals surface area contributed by atoms with Crippen LogP contribution in [0.1, 0.15) is 12.6 Å². The Morgan fingerprint density at radius 3 is 3.00 bits per heavy atom. The maximum Gasteiger partial charge on any atom is 0.169 e. The Morgan fingerprint density at radius 2 is 2.32 bits per heavy atom. The van der Waals surface area contributed by atoms with Gasteiger partial charge < -0.3 is 10.0 Å². The van der Waals surface area contributed by atoms with E-state index in [0.29, 0.717) is 34.8 Å². The number of β-amino-alcohol motifs (C(OH)–C–C–N with tert-alkyl or cyclic N) is 1. The summed E-state index contributed by atoms with van der Waals surface area (Å²) in [6.45, 7) is 5.40. The highest BCUT2D eigenvalue weighted by Crippen LogP contribution is 2.25. The maximum atomic E-state index is 9.49. The second kappa shape index (κ2) is 6.13. The van der Waals surface area contributed by atoms with Gasteiger partial charge in [0.25, 0.3) is 0 Å². The molecule has 0 aromatic carbocycles. The smallest absolute Gasteiger partial charge is 0.169 e. The predicted molar refractivity (Wildman–Crippen MR) is 85.3 cm³/mol. The fourth-order valence-electron chi connectivity index (χ4n) is 2.98. The Balaban J connectivity index is 1.92. The van der Waals surface area contributed by atoms with E-state index in [1.165, 1.54) is 0 Å². The summed E-state index contributed by atoms with van der Waals surface area (Å²) >= 11 is 6.01. The molecule has 1 atom stereocenters. The lowest BCUT2D eigenvalue weighted by atomic mass is 10.2. The molecule has 2 aromatic rings. The van der Waals surface area contributed by atoms with Crippen molar-refractivity contribution in [3.05, 3.63) is 29.0 Å². The summed E-state index contributed by atoms with van der Waals surface area (Å²) in [4.78, 5) is 8.97. The van der Waals surface area contributed by atoms with E-state index in [1.54, 1.807) is 22.7 Å². The minimum Gasteiger partial charge on any atom is -0.395 e. The van der Waals surface area contributed by atoms with Gasteiger partial charge in [0.2, 0.25) is 0 Å². The van der Waals surface area contributed by atoms with Gasteiger partial charge in [-0.15, -0.1) is 0 Å². The summed E-state index contributed by atoms with van der Waals surface area (Å²) in [6, 6.07) is 6.07. The van der Waals surface area contributed by atoms with Crippen molar-refractivity contribution in [3.8, 4) is 6.07 Å². The van der Waals surface area contributed by atoms with Crippen LogP contribution in [0.5, 0.6) is 0 Å². The predicted octanol–water partition coefficient (Wildman–Crippen LogP) is 1.36. The van der Waals surface area contributed by atoms with E-state index in [9.17, 15) is 5.26 Å². The molecule has 0 aliphatic carbocycles. The quantitative estimate of drug-likeness (QED) is 0.925. The van der Waals surface area contributed by atoms with E-state index in [-0.39, 0.29) is 6.61 Å². The third kappa shape index (κ3) is 2.63. The molecule has 22 heavy (non-hydrogen) atoms. The molecule has 1 unspecified atom stereocenters. The number of halogens is 1. The molecule has 0 spiro atoms. The third-order valence-electron chi connectivity index (χ3n) is 4.13. The lowest BCUT2D eigenvalue weighted by Crippen LogP contribution is -2.52. The van der Waals surface area contributed by atoms with E-state index in [1.807, 2.05) is 0 Å². The van der Waals surface area contributed by atoms with Gasteiger partial charge in [-0.05, 0) is 13.0 Å². The molecule has 1 fully saturated rings. The van der Waals surface area contributed by atoms with Crippen molar-refractivity contribution in [2.45, 2.75) is 13.0 Å². The molecule has 6 nitrogen and oxygen atoms in total. The van der Waals surface area contributed by atoms with E-state index in [4.69, 9.17) is 16.7 Å². The highest BCUT2D eigenvalue weighted by Gasteiger charge is 2.27. The molecule has 7 heteroatoms. The fraction of sp³-hybridized carbons (Fsp3) is 0.467. The lowest BCUT2D eigenvalue weighted by Gasteiger charge is -2.39. The highest BCUT2D eigenvalue weighted by molar-refractivity contribution is 6.30. The average Bonchev–Trinajstić information content (AvgIpc) is 2.87. The second-order valence-corrected chi connectivity index (χ2v) is 5.96. The van der Waals surface area contributed by atoms with Gasteiger partial charge in [-0.1, -0.05) is 11.6 Å². The first-order chi connectivity index (χ1) is 10.6. The Labute approximate surface area is 134 Å². The van der Waals surface area contributed by atoms with Crippen LogP contribution in [0.4, 0.5) is 5.82 Å². The van der Waals surface area contributed by atoms with Crippen LogP contribution in [0, 0.1) is 11.3 Å². The number of nitriles is 1. The molecule has 1 aliphatic rings. The molecule has 0 saturated carbocycles. The number of aromatic nitrogens is 2. The minimum absolute atomic E-state index is 0.167.